The maximum absolute atomic E-state index is 2.79. The van der Waals surface area contributed by atoms with Crippen molar-refractivity contribution in [3.8, 4) is 0 Å². The predicted octanol–water partition coefficient (Wildman–Crippen LogP) is 6.36. The second kappa shape index (κ2) is 9.64. The van der Waals surface area contributed by atoms with E-state index in [1.165, 1.54) is 81.4 Å². The van der Waals surface area contributed by atoms with Crippen LogP contribution in [0.3, 0.4) is 0 Å². The highest BCUT2D eigenvalue weighted by Crippen LogP contribution is 2.51. The summed E-state index contributed by atoms with van der Waals surface area (Å²) in [5.74, 6) is 2.62. The Hall–Kier alpha value is -1.47. The van der Waals surface area contributed by atoms with Crippen molar-refractivity contribution >= 4 is 13.8 Å². The van der Waals surface area contributed by atoms with E-state index in [-0.39, 0.29) is 8.22 Å². The van der Waals surface area contributed by atoms with E-state index in [2.05, 4.69) is 75.8 Å². The van der Waals surface area contributed by atoms with Gasteiger partial charge in [0.25, 0.3) is 0 Å². The van der Waals surface area contributed by atoms with Crippen LogP contribution in [0.4, 0.5) is 0 Å². The first kappa shape index (κ1) is 18.9. The van der Waals surface area contributed by atoms with Crippen molar-refractivity contribution in [3.05, 3.63) is 77.6 Å². The zero-order chi connectivity index (χ0) is 18.3. The molecule has 2 fully saturated rings. The number of piperidine rings is 2. The molecule has 2 aliphatic rings. The lowest BCUT2D eigenvalue weighted by Gasteiger charge is -2.41. The van der Waals surface area contributed by atoms with Crippen molar-refractivity contribution in [2.24, 2.45) is 0 Å². The molecule has 27 heavy (non-hydrogen) atoms. The standard InChI is InChI=1S/C24H31N2P/c1-5-13-22(14-6-1)24(23-15-7-2-8-16-23)21-27(25-17-9-3-10-18-25)26-19-11-4-12-20-26/h1-2,5-8,13-16,21H,3-4,9-12,17-20H2. The molecule has 2 saturated heterocycles. The average molecular weight is 379 g/mol. The molecule has 0 aliphatic carbocycles. The first-order chi connectivity index (χ1) is 13.4. The summed E-state index contributed by atoms with van der Waals surface area (Å²) in [5.41, 5.74) is 4.08. The van der Waals surface area contributed by atoms with Crippen LogP contribution in [0.25, 0.3) is 5.57 Å². The van der Waals surface area contributed by atoms with Gasteiger partial charge >= 0.3 is 0 Å². The Morgan fingerprint density at radius 1 is 0.593 bits per heavy atom. The van der Waals surface area contributed by atoms with Crippen molar-refractivity contribution in [2.75, 3.05) is 26.2 Å². The third-order valence-corrected chi connectivity index (χ3v) is 8.11. The molecule has 0 aromatic heterocycles. The molecule has 0 spiro atoms. The zero-order valence-corrected chi connectivity index (χ0v) is 17.2. The first-order valence-electron chi connectivity index (χ1n) is 10.5. The van der Waals surface area contributed by atoms with Gasteiger partial charge in [-0.25, -0.2) is 0 Å². The van der Waals surface area contributed by atoms with E-state index in [1.807, 2.05) is 0 Å². The second-order valence-electron chi connectivity index (χ2n) is 7.62. The summed E-state index contributed by atoms with van der Waals surface area (Å²) < 4.78 is 5.58. The van der Waals surface area contributed by atoms with E-state index in [1.54, 1.807) is 0 Å². The van der Waals surface area contributed by atoms with Gasteiger partial charge in [-0.2, -0.15) is 0 Å². The molecule has 0 N–H and O–H groups in total. The fourth-order valence-corrected chi connectivity index (χ4v) is 6.77. The van der Waals surface area contributed by atoms with Gasteiger partial charge in [-0.15, -0.1) is 0 Å². The highest BCUT2D eigenvalue weighted by atomic mass is 31.1. The van der Waals surface area contributed by atoms with Gasteiger partial charge in [-0.1, -0.05) is 73.5 Å². The number of hydrogen-bond acceptors (Lipinski definition) is 2. The quantitative estimate of drug-likeness (QED) is 0.559. The fraction of sp³-hybridized carbons (Fsp3) is 0.417. The molecule has 0 atom stereocenters. The molecule has 0 unspecified atom stereocenters. The Labute approximate surface area is 165 Å². The van der Waals surface area contributed by atoms with Gasteiger partial charge in [0, 0.05) is 26.2 Å². The summed E-state index contributed by atoms with van der Waals surface area (Å²) in [7, 11) is -0.379. The Morgan fingerprint density at radius 2 is 1.00 bits per heavy atom. The Morgan fingerprint density at radius 3 is 1.41 bits per heavy atom. The predicted molar refractivity (Wildman–Crippen MR) is 118 cm³/mol. The van der Waals surface area contributed by atoms with Gasteiger partial charge in [-0.05, 0) is 48.2 Å². The molecule has 0 amide bonds. The molecule has 142 valence electrons. The van der Waals surface area contributed by atoms with Crippen LogP contribution in [0.1, 0.15) is 49.7 Å². The summed E-state index contributed by atoms with van der Waals surface area (Å²) in [6.07, 6.45) is 8.21. The van der Waals surface area contributed by atoms with Crippen LogP contribution >= 0.6 is 8.22 Å². The van der Waals surface area contributed by atoms with Crippen LogP contribution in [-0.2, 0) is 0 Å². The third kappa shape index (κ3) is 4.88. The SMILES string of the molecule is C(=C(c1ccccc1)c1ccccc1)P(N1CCCCC1)N1CCCCC1. The van der Waals surface area contributed by atoms with Crippen molar-refractivity contribution in [1.29, 1.82) is 0 Å². The number of hydrogen-bond donors (Lipinski definition) is 0. The molecule has 2 aliphatic heterocycles. The van der Waals surface area contributed by atoms with Crippen LogP contribution in [0, 0.1) is 0 Å². The highest BCUT2D eigenvalue weighted by molar-refractivity contribution is 7.56. The van der Waals surface area contributed by atoms with Crippen LogP contribution < -0.4 is 0 Å². The van der Waals surface area contributed by atoms with Crippen LogP contribution in [0.15, 0.2) is 66.5 Å². The minimum Gasteiger partial charge on any atom is -0.267 e. The number of benzene rings is 2. The smallest absolute Gasteiger partial charge is 0.0654 e. The van der Waals surface area contributed by atoms with E-state index in [4.69, 9.17) is 0 Å². The van der Waals surface area contributed by atoms with Gasteiger partial charge in [0.05, 0.1) is 8.22 Å². The van der Waals surface area contributed by atoms with E-state index in [9.17, 15) is 0 Å². The minimum absolute atomic E-state index is 0.379. The lowest BCUT2D eigenvalue weighted by atomic mass is 10.00. The molecule has 2 nitrogen and oxygen atoms in total. The highest BCUT2D eigenvalue weighted by Gasteiger charge is 2.27. The Bertz CT molecular complexity index is 657. The number of rotatable bonds is 5. The molecule has 0 radical (unpaired) electrons. The van der Waals surface area contributed by atoms with Crippen molar-refractivity contribution in [1.82, 2.24) is 9.34 Å². The van der Waals surface area contributed by atoms with Gasteiger partial charge < -0.3 is 0 Å². The average Bonchev–Trinajstić information content (AvgIpc) is 2.77. The molecule has 0 saturated carbocycles. The molecular formula is C24H31N2P. The van der Waals surface area contributed by atoms with Crippen LogP contribution in [0.5, 0.6) is 0 Å². The molecule has 2 aromatic carbocycles. The van der Waals surface area contributed by atoms with Crippen LogP contribution in [0.2, 0.25) is 0 Å². The van der Waals surface area contributed by atoms with E-state index in [0.717, 1.165) is 0 Å². The van der Waals surface area contributed by atoms with E-state index in [0.29, 0.717) is 0 Å². The molecule has 2 heterocycles. The van der Waals surface area contributed by atoms with Crippen molar-refractivity contribution in [3.63, 3.8) is 0 Å². The minimum atomic E-state index is -0.379. The first-order valence-corrected chi connectivity index (χ1v) is 11.8. The monoisotopic (exact) mass is 378 g/mol. The summed E-state index contributed by atoms with van der Waals surface area (Å²) in [5, 5.41) is 0. The van der Waals surface area contributed by atoms with Gasteiger partial charge in [0.2, 0.25) is 0 Å². The summed E-state index contributed by atoms with van der Waals surface area (Å²) in [6, 6.07) is 21.9. The van der Waals surface area contributed by atoms with E-state index >= 15 is 0 Å². The molecule has 0 bridgehead atoms. The molecular weight excluding hydrogens is 347 g/mol. The summed E-state index contributed by atoms with van der Waals surface area (Å²) in [6.45, 7) is 5.04. The second-order valence-corrected chi connectivity index (χ2v) is 9.65. The lowest BCUT2D eigenvalue weighted by molar-refractivity contribution is 0.314. The van der Waals surface area contributed by atoms with Crippen molar-refractivity contribution in [2.45, 2.75) is 38.5 Å². The maximum Gasteiger partial charge on any atom is 0.0654 e. The normalized spacial score (nSPS) is 19.1. The lowest BCUT2D eigenvalue weighted by Crippen LogP contribution is -2.34. The molecule has 2 aromatic rings. The molecule has 4 rings (SSSR count). The van der Waals surface area contributed by atoms with Gasteiger partial charge in [0.1, 0.15) is 0 Å². The largest absolute Gasteiger partial charge is 0.267 e. The zero-order valence-electron chi connectivity index (χ0n) is 16.3. The van der Waals surface area contributed by atoms with Gasteiger partial charge in [-0.3, -0.25) is 9.34 Å². The van der Waals surface area contributed by atoms with E-state index < -0.39 is 0 Å². The Kier molecular flexibility index (Phi) is 6.74. The van der Waals surface area contributed by atoms with Gasteiger partial charge in [0.15, 0.2) is 0 Å². The Balaban J connectivity index is 1.73. The summed E-state index contributed by atoms with van der Waals surface area (Å²) in [4.78, 5) is 0. The summed E-state index contributed by atoms with van der Waals surface area (Å²) >= 11 is 0. The van der Waals surface area contributed by atoms with Crippen LogP contribution in [-0.4, -0.2) is 35.5 Å². The number of nitrogens with zero attached hydrogens (tertiary/aromatic N) is 2. The maximum atomic E-state index is 2.79. The topological polar surface area (TPSA) is 6.48 Å². The molecule has 3 heteroatoms. The fourth-order valence-electron chi connectivity index (χ4n) is 4.17. The third-order valence-electron chi connectivity index (χ3n) is 5.66. The van der Waals surface area contributed by atoms with Crippen molar-refractivity contribution < 1.29 is 0 Å².